The smallest absolute Gasteiger partial charge is 0.295 e. The average Bonchev–Trinajstić information content (AvgIpc) is 3.17. The van der Waals surface area contributed by atoms with E-state index >= 15 is 0 Å². The first-order valence-electron chi connectivity index (χ1n) is 16.3. The monoisotopic (exact) mass is 896 g/mol. The van der Waals surface area contributed by atoms with Crippen LogP contribution in [0.4, 0.5) is 11.4 Å². The van der Waals surface area contributed by atoms with Gasteiger partial charge in [-0.05, 0) is 66.4 Å². The molecule has 0 spiro atoms. The van der Waals surface area contributed by atoms with Crippen molar-refractivity contribution in [1.82, 2.24) is 9.62 Å². The third-order valence-corrected chi connectivity index (χ3v) is 14.2. The SMILES string of the molecule is CSc1ccc(C(=O)Nc2ccc(/C(=C/NC(=O)c3ccc(S(C)(=O)=O)c([N+](=O)[O-])c3)c3cccc(S(=O)(=O)O)c3)c(S(=O)(=O)O)c2)cc1S(=O)(=O)N1CCOCC1. The van der Waals surface area contributed by atoms with E-state index in [0.29, 0.717) is 11.0 Å². The number of benzene rings is 4. The molecule has 2 amide bonds. The molecular weight excluding hydrogens is 865 g/mol. The standard InChI is InChI=1S/C34H32N4O15S5/c1-54-29-10-6-23(18-32(29)56(45,46)37-12-14-53-15-13-37)34(40)36-24-8-9-26(31(19-24)58(50,51)52)27(21-4-3-5-25(16-21)57(47,48)49)20-35-33(39)22-7-11-30(55(2,43)44)28(17-22)38(41)42/h3-11,16-20H,12-15H2,1-2H3,(H,35,39)(H,36,40)(H,47,48,49)(H,50,51,52)/b27-20+. The summed E-state index contributed by atoms with van der Waals surface area (Å²) in [6, 6.07) is 13.9. The highest BCUT2D eigenvalue weighted by Gasteiger charge is 2.30. The number of carbonyl (C=O) groups excluding carboxylic acids is 2. The number of ether oxygens (including phenoxy) is 1. The van der Waals surface area contributed by atoms with E-state index in [-0.39, 0.29) is 53.6 Å². The highest BCUT2D eigenvalue weighted by Crippen LogP contribution is 2.34. The number of hydrogen-bond acceptors (Lipinski definition) is 14. The predicted molar refractivity (Wildman–Crippen MR) is 209 cm³/mol. The Kier molecular flexibility index (Phi) is 12.9. The minimum atomic E-state index is -5.22. The van der Waals surface area contributed by atoms with E-state index in [9.17, 15) is 62.5 Å². The lowest BCUT2D eigenvalue weighted by molar-refractivity contribution is -0.387. The fourth-order valence-electron chi connectivity index (χ4n) is 5.66. The summed E-state index contributed by atoms with van der Waals surface area (Å²) in [5.74, 6) is -1.95. The zero-order chi connectivity index (χ0) is 42.8. The molecule has 4 N–H and O–H groups in total. The maximum Gasteiger partial charge on any atom is 0.295 e. The molecule has 24 heteroatoms. The Labute approximate surface area is 336 Å². The van der Waals surface area contributed by atoms with Gasteiger partial charge in [0, 0.05) is 64.5 Å². The third-order valence-electron chi connectivity index (χ3n) is 8.43. The molecule has 58 heavy (non-hydrogen) atoms. The van der Waals surface area contributed by atoms with Crippen molar-refractivity contribution in [3.05, 3.63) is 117 Å². The van der Waals surface area contributed by atoms with Gasteiger partial charge in [0.2, 0.25) is 10.0 Å². The Hall–Kier alpha value is -5.05. The lowest BCUT2D eigenvalue weighted by atomic mass is 9.98. The van der Waals surface area contributed by atoms with Crippen LogP contribution in [0.3, 0.4) is 0 Å². The van der Waals surface area contributed by atoms with E-state index in [1.165, 1.54) is 40.7 Å². The number of thioether (sulfide) groups is 1. The van der Waals surface area contributed by atoms with Crippen LogP contribution in [0.25, 0.3) is 5.57 Å². The second-order valence-corrected chi connectivity index (χ2v) is 19.8. The molecule has 0 aliphatic carbocycles. The Morgan fingerprint density at radius 1 is 0.793 bits per heavy atom. The second kappa shape index (κ2) is 17.0. The number of nitro benzene ring substituents is 1. The highest BCUT2D eigenvalue weighted by atomic mass is 32.2. The maximum absolute atomic E-state index is 13.5. The molecule has 1 fully saturated rings. The van der Waals surface area contributed by atoms with Gasteiger partial charge in [0.25, 0.3) is 37.7 Å². The summed E-state index contributed by atoms with van der Waals surface area (Å²) in [7, 11) is -18.2. The van der Waals surface area contributed by atoms with Crippen molar-refractivity contribution in [2.45, 2.75) is 24.5 Å². The fourth-order valence-corrected chi connectivity index (χ4v) is 10.3. The first-order chi connectivity index (χ1) is 27.0. The quantitative estimate of drug-likeness (QED) is 0.0648. The fraction of sp³-hybridized carbons (Fsp3) is 0.176. The molecule has 1 aliphatic rings. The molecule has 0 radical (unpaired) electrons. The topological polar surface area (TPSA) is 291 Å². The van der Waals surface area contributed by atoms with Gasteiger partial charge in [-0.25, -0.2) is 16.8 Å². The molecule has 4 aromatic carbocycles. The summed E-state index contributed by atoms with van der Waals surface area (Å²) in [5.41, 5.74) is -2.54. The zero-order valence-electron chi connectivity index (χ0n) is 30.0. The van der Waals surface area contributed by atoms with Crippen LogP contribution in [0, 0.1) is 10.1 Å². The molecule has 19 nitrogen and oxygen atoms in total. The number of amides is 2. The van der Waals surface area contributed by atoms with Crippen LogP contribution in [-0.2, 0) is 44.8 Å². The lowest BCUT2D eigenvalue weighted by Crippen LogP contribution is -2.40. The minimum Gasteiger partial charge on any atom is -0.379 e. The Morgan fingerprint density at radius 3 is 2.05 bits per heavy atom. The van der Waals surface area contributed by atoms with Crippen molar-refractivity contribution < 1.29 is 62.0 Å². The Bertz CT molecular complexity index is 2820. The van der Waals surface area contributed by atoms with Crippen LogP contribution >= 0.6 is 11.8 Å². The van der Waals surface area contributed by atoms with Gasteiger partial charge in [-0.2, -0.15) is 21.1 Å². The van der Waals surface area contributed by atoms with E-state index in [1.807, 2.05) is 0 Å². The van der Waals surface area contributed by atoms with Crippen molar-refractivity contribution in [3.8, 4) is 0 Å². The van der Waals surface area contributed by atoms with Gasteiger partial charge in [0.05, 0.1) is 27.9 Å². The van der Waals surface area contributed by atoms with Crippen molar-refractivity contribution >= 4 is 80.6 Å². The number of nitro groups is 1. The van der Waals surface area contributed by atoms with Crippen LogP contribution in [0.5, 0.6) is 0 Å². The molecule has 0 unspecified atom stereocenters. The molecule has 4 aromatic rings. The van der Waals surface area contributed by atoms with Gasteiger partial charge in [-0.1, -0.05) is 18.2 Å². The zero-order valence-corrected chi connectivity index (χ0v) is 34.1. The van der Waals surface area contributed by atoms with Crippen LogP contribution in [0.2, 0.25) is 0 Å². The van der Waals surface area contributed by atoms with Gasteiger partial charge in [0.1, 0.15) is 9.79 Å². The number of rotatable bonds is 13. The lowest BCUT2D eigenvalue weighted by Gasteiger charge is -2.27. The largest absolute Gasteiger partial charge is 0.379 e. The van der Waals surface area contributed by atoms with E-state index in [2.05, 4.69) is 10.6 Å². The number of sulfonamides is 1. The van der Waals surface area contributed by atoms with Gasteiger partial charge in [0.15, 0.2) is 9.84 Å². The molecule has 5 rings (SSSR count). The number of carbonyl (C=O) groups is 2. The van der Waals surface area contributed by atoms with Crippen molar-refractivity contribution in [1.29, 1.82) is 0 Å². The average molecular weight is 897 g/mol. The van der Waals surface area contributed by atoms with Crippen LogP contribution in [0.1, 0.15) is 31.8 Å². The maximum atomic E-state index is 13.5. The predicted octanol–water partition coefficient (Wildman–Crippen LogP) is 3.31. The molecule has 1 heterocycles. The van der Waals surface area contributed by atoms with E-state index in [4.69, 9.17) is 4.74 Å². The third kappa shape index (κ3) is 9.96. The Balaban J connectivity index is 1.57. The minimum absolute atomic E-state index is 0.0958. The van der Waals surface area contributed by atoms with Crippen LogP contribution in [0.15, 0.2) is 110 Å². The number of anilines is 1. The first kappa shape index (κ1) is 44.1. The summed E-state index contributed by atoms with van der Waals surface area (Å²) >= 11 is 1.14. The molecular formula is C34H32N4O15S5. The van der Waals surface area contributed by atoms with Gasteiger partial charge < -0.3 is 15.4 Å². The number of morpholine rings is 1. The summed E-state index contributed by atoms with van der Waals surface area (Å²) in [6.45, 7) is 0.555. The molecule has 308 valence electrons. The van der Waals surface area contributed by atoms with Crippen LogP contribution < -0.4 is 10.6 Å². The van der Waals surface area contributed by atoms with E-state index in [1.54, 1.807) is 6.26 Å². The number of hydrogen-bond donors (Lipinski definition) is 4. The molecule has 0 bridgehead atoms. The number of nitrogens with one attached hydrogen (secondary N) is 2. The normalized spacial score (nSPS) is 14.4. The van der Waals surface area contributed by atoms with Crippen molar-refractivity contribution in [2.24, 2.45) is 0 Å². The number of nitrogens with zero attached hydrogens (tertiary/aromatic N) is 2. The van der Waals surface area contributed by atoms with Crippen LogP contribution in [-0.4, -0.2) is 103 Å². The van der Waals surface area contributed by atoms with E-state index in [0.717, 1.165) is 60.6 Å². The highest BCUT2D eigenvalue weighted by molar-refractivity contribution is 7.99. The summed E-state index contributed by atoms with van der Waals surface area (Å²) in [5, 5.41) is 16.4. The van der Waals surface area contributed by atoms with Gasteiger partial charge in [-0.15, -0.1) is 11.8 Å². The number of sulfone groups is 1. The van der Waals surface area contributed by atoms with E-state index < -0.39 is 88.3 Å². The molecule has 0 atom stereocenters. The first-order valence-corrected chi connectivity index (χ1v) is 23.7. The van der Waals surface area contributed by atoms with Crippen molar-refractivity contribution in [3.63, 3.8) is 0 Å². The summed E-state index contributed by atoms with van der Waals surface area (Å²) in [4.78, 5) is 35.3. The molecule has 0 saturated carbocycles. The molecule has 1 aliphatic heterocycles. The van der Waals surface area contributed by atoms with Gasteiger partial charge >= 0.3 is 0 Å². The summed E-state index contributed by atoms with van der Waals surface area (Å²) in [6.07, 6.45) is 3.25. The molecule has 0 aromatic heterocycles. The van der Waals surface area contributed by atoms with Gasteiger partial charge in [-0.3, -0.25) is 28.8 Å². The Morgan fingerprint density at radius 2 is 1.45 bits per heavy atom. The summed E-state index contributed by atoms with van der Waals surface area (Å²) < 4.78 is 127. The van der Waals surface area contributed by atoms with Crippen molar-refractivity contribution in [2.75, 3.05) is 44.1 Å². The molecule has 1 saturated heterocycles. The second-order valence-electron chi connectivity index (χ2n) is 12.3.